The van der Waals surface area contributed by atoms with Gasteiger partial charge in [-0.1, -0.05) is 23.4 Å². The molecule has 0 amide bonds. The van der Waals surface area contributed by atoms with E-state index in [0.717, 1.165) is 49.5 Å². The Labute approximate surface area is 108 Å². The van der Waals surface area contributed by atoms with Crippen LogP contribution >= 0.6 is 0 Å². The van der Waals surface area contributed by atoms with Gasteiger partial charge in [-0.25, -0.2) is 0 Å². The van der Waals surface area contributed by atoms with Crippen LogP contribution in [-0.2, 0) is 6.42 Å². The Balaban J connectivity index is 1.54. The smallest absolute Gasteiger partial charge is 0.133 e. The summed E-state index contributed by atoms with van der Waals surface area (Å²) in [6.45, 7) is 2.70. The SMILES string of the molecule is Cc1cc(CCCCCOc2ccccc2)no1. The van der Waals surface area contributed by atoms with Crippen molar-refractivity contribution in [2.75, 3.05) is 6.61 Å². The van der Waals surface area contributed by atoms with E-state index in [-0.39, 0.29) is 0 Å². The molecule has 2 aromatic rings. The standard InChI is InChI=1S/C15H19NO2/c1-13-12-14(16-18-13)8-4-3-7-11-17-15-9-5-2-6-10-15/h2,5-6,9-10,12H,3-4,7-8,11H2,1H3. The van der Waals surface area contributed by atoms with Crippen LogP contribution in [0.4, 0.5) is 0 Å². The molecule has 1 aromatic heterocycles. The summed E-state index contributed by atoms with van der Waals surface area (Å²) in [6, 6.07) is 11.9. The fourth-order valence-corrected chi connectivity index (χ4v) is 1.83. The molecule has 0 fully saturated rings. The Bertz CT molecular complexity index is 451. The molecule has 0 unspecified atom stereocenters. The van der Waals surface area contributed by atoms with Gasteiger partial charge >= 0.3 is 0 Å². The van der Waals surface area contributed by atoms with Gasteiger partial charge in [-0.15, -0.1) is 0 Å². The van der Waals surface area contributed by atoms with Crippen molar-refractivity contribution in [3.8, 4) is 5.75 Å². The van der Waals surface area contributed by atoms with E-state index < -0.39 is 0 Å². The van der Waals surface area contributed by atoms with Crippen LogP contribution in [0.2, 0.25) is 0 Å². The van der Waals surface area contributed by atoms with Crippen LogP contribution in [-0.4, -0.2) is 11.8 Å². The van der Waals surface area contributed by atoms with Gasteiger partial charge in [0.05, 0.1) is 12.3 Å². The number of nitrogens with zero attached hydrogens (tertiary/aromatic N) is 1. The maximum Gasteiger partial charge on any atom is 0.133 e. The fourth-order valence-electron chi connectivity index (χ4n) is 1.83. The van der Waals surface area contributed by atoms with Crippen LogP contribution < -0.4 is 4.74 Å². The fraction of sp³-hybridized carbons (Fsp3) is 0.400. The summed E-state index contributed by atoms with van der Waals surface area (Å²) in [7, 11) is 0. The lowest BCUT2D eigenvalue weighted by atomic mass is 10.1. The zero-order valence-corrected chi connectivity index (χ0v) is 10.8. The molecule has 0 saturated heterocycles. The first-order chi connectivity index (χ1) is 8.84. The number of unbranched alkanes of at least 4 members (excludes halogenated alkanes) is 2. The first-order valence-corrected chi connectivity index (χ1v) is 6.44. The minimum absolute atomic E-state index is 0.780. The van der Waals surface area contributed by atoms with Crippen molar-refractivity contribution < 1.29 is 9.26 Å². The Hall–Kier alpha value is -1.77. The van der Waals surface area contributed by atoms with Gasteiger partial charge in [0, 0.05) is 6.07 Å². The molecule has 0 aliphatic heterocycles. The first-order valence-electron chi connectivity index (χ1n) is 6.44. The van der Waals surface area contributed by atoms with Crippen molar-refractivity contribution in [1.29, 1.82) is 0 Å². The van der Waals surface area contributed by atoms with Gasteiger partial charge in [0.1, 0.15) is 11.5 Å². The highest BCUT2D eigenvalue weighted by Gasteiger charge is 1.99. The second-order valence-corrected chi connectivity index (χ2v) is 4.40. The zero-order chi connectivity index (χ0) is 12.6. The highest BCUT2D eigenvalue weighted by Crippen LogP contribution is 2.10. The van der Waals surface area contributed by atoms with E-state index in [2.05, 4.69) is 5.16 Å². The maximum atomic E-state index is 5.63. The van der Waals surface area contributed by atoms with Crippen molar-refractivity contribution in [3.63, 3.8) is 0 Å². The monoisotopic (exact) mass is 245 g/mol. The molecule has 3 heteroatoms. The van der Waals surface area contributed by atoms with Gasteiger partial charge < -0.3 is 9.26 Å². The molecule has 18 heavy (non-hydrogen) atoms. The molecule has 0 aliphatic carbocycles. The molecule has 0 radical (unpaired) electrons. The van der Waals surface area contributed by atoms with Gasteiger partial charge in [-0.3, -0.25) is 0 Å². The van der Waals surface area contributed by atoms with Crippen LogP contribution in [0.25, 0.3) is 0 Å². The Morgan fingerprint density at radius 1 is 1.11 bits per heavy atom. The minimum Gasteiger partial charge on any atom is -0.494 e. The maximum absolute atomic E-state index is 5.63. The molecule has 2 rings (SSSR count). The summed E-state index contributed by atoms with van der Waals surface area (Å²) in [5.74, 6) is 1.84. The van der Waals surface area contributed by atoms with Crippen LogP contribution in [0, 0.1) is 6.92 Å². The van der Waals surface area contributed by atoms with E-state index in [9.17, 15) is 0 Å². The number of benzene rings is 1. The Morgan fingerprint density at radius 3 is 2.67 bits per heavy atom. The van der Waals surface area contributed by atoms with Crippen molar-refractivity contribution in [1.82, 2.24) is 5.16 Å². The molecule has 0 spiro atoms. The van der Waals surface area contributed by atoms with E-state index in [4.69, 9.17) is 9.26 Å². The molecule has 1 heterocycles. The van der Waals surface area contributed by atoms with Crippen LogP contribution in [0.5, 0.6) is 5.75 Å². The lowest BCUT2D eigenvalue weighted by molar-refractivity contribution is 0.305. The molecule has 0 N–H and O–H groups in total. The van der Waals surface area contributed by atoms with Gasteiger partial charge in [0.25, 0.3) is 0 Å². The second-order valence-electron chi connectivity index (χ2n) is 4.40. The molecule has 3 nitrogen and oxygen atoms in total. The normalized spacial score (nSPS) is 10.5. The molecule has 1 aromatic carbocycles. The minimum atomic E-state index is 0.780. The number of hydrogen-bond donors (Lipinski definition) is 0. The van der Waals surface area contributed by atoms with Crippen LogP contribution in [0.1, 0.15) is 30.7 Å². The van der Waals surface area contributed by atoms with E-state index in [1.807, 2.05) is 43.3 Å². The summed E-state index contributed by atoms with van der Waals surface area (Å²) in [6.07, 6.45) is 4.34. The van der Waals surface area contributed by atoms with Crippen molar-refractivity contribution in [3.05, 3.63) is 47.9 Å². The highest BCUT2D eigenvalue weighted by atomic mass is 16.5. The third-order valence-electron chi connectivity index (χ3n) is 2.77. The largest absolute Gasteiger partial charge is 0.494 e. The van der Waals surface area contributed by atoms with E-state index >= 15 is 0 Å². The summed E-state index contributed by atoms with van der Waals surface area (Å²) < 4.78 is 10.7. The third-order valence-corrected chi connectivity index (χ3v) is 2.77. The number of rotatable bonds is 7. The number of hydrogen-bond acceptors (Lipinski definition) is 3. The summed E-state index contributed by atoms with van der Waals surface area (Å²) in [4.78, 5) is 0. The quantitative estimate of drug-likeness (QED) is 0.696. The van der Waals surface area contributed by atoms with E-state index in [0.29, 0.717) is 0 Å². The topological polar surface area (TPSA) is 35.3 Å². The molecule has 0 aliphatic rings. The average molecular weight is 245 g/mol. The number of para-hydroxylation sites is 1. The number of aromatic nitrogens is 1. The molecular formula is C15H19NO2. The van der Waals surface area contributed by atoms with Gasteiger partial charge in [0.2, 0.25) is 0 Å². The summed E-state index contributed by atoms with van der Waals surface area (Å²) in [5, 5.41) is 3.97. The molecule has 0 bridgehead atoms. The average Bonchev–Trinajstić information content (AvgIpc) is 2.81. The second kappa shape index (κ2) is 6.84. The molecule has 0 saturated carbocycles. The molecule has 0 atom stereocenters. The lowest BCUT2D eigenvalue weighted by Crippen LogP contribution is -1.97. The van der Waals surface area contributed by atoms with Crippen LogP contribution in [0.3, 0.4) is 0 Å². The number of ether oxygens (including phenoxy) is 1. The Kier molecular flexibility index (Phi) is 4.82. The first kappa shape index (κ1) is 12.7. The third kappa shape index (κ3) is 4.24. The van der Waals surface area contributed by atoms with Gasteiger partial charge in [-0.2, -0.15) is 0 Å². The van der Waals surface area contributed by atoms with Crippen molar-refractivity contribution >= 4 is 0 Å². The van der Waals surface area contributed by atoms with Gasteiger partial charge in [-0.05, 0) is 44.7 Å². The molecular weight excluding hydrogens is 226 g/mol. The predicted octanol–water partition coefficient (Wildman–Crippen LogP) is 3.77. The summed E-state index contributed by atoms with van der Waals surface area (Å²) in [5.41, 5.74) is 1.05. The van der Waals surface area contributed by atoms with Crippen molar-refractivity contribution in [2.24, 2.45) is 0 Å². The van der Waals surface area contributed by atoms with Crippen LogP contribution in [0.15, 0.2) is 40.9 Å². The zero-order valence-electron chi connectivity index (χ0n) is 10.8. The van der Waals surface area contributed by atoms with E-state index in [1.165, 1.54) is 0 Å². The highest BCUT2D eigenvalue weighted by molar-refractivity contribution is 5.20. The summed E-state index contributed by atoms with van der Waals surface area (Å²) >= 11 is 0. The lowest BCUT2D eigenvalue weighted by Gasteiger charge is -2.05. The van der Waals surface area contributed by atoms with Gasteiger partial charge in [0.15, 0.2) is 0 Å². The number of aryl methyl sites for hydroxylation is 2. The Morgan fingerprint density at radius 2 is 1.94 bits per heavy atom. The predicted molar refractivity (Wildman–Crippen MR) is 70.7 cm³/mol. The van der Waals surface area contributed by atoms with Crippen molar-refractivity contribution in [2.45, 2.75) is 32.6 Å². The van der Waals surface area contributed by atoms with E-state index in [1.54, 1.807) is 0 Å². The molecule has 96 valence electrons.